The number of rotatable bonds is 4. The molecule has 100 valence electrons. The molecule has 1 aliphatic rings. The topological polar surface area (TPSA) is 53.9 Å². The Morgan fingerprint density at radius 2 is 2.11 bits per heavy atom. The number of nitrogens with zero attached hydrogens (tertiary/aromatic N) is 4. The fourth-order valence-electron chi connectivity index (χ4n) is 2.18. The second kappa shape index (κ2) is 5.52. The highest BCUT2D eigenvalue weighted by Gasteiger charge is 2.18. The highest BCUT2D eigenvalue weighted by Crippen LogP contribution is 2.25. The number of nitrogens with one attached hydrogen (secondary N) is 1. The Labute approximate surface area is 116 Å². The van der Waals surface area contributed by atoms with Gasteiger partial charge in [0.15, 0.2) is 5.82 Å². The first-order valence-electron chi connectivity index (χ1n) is 6.65. The number of thiophene rings is 1. The van der Waals surface area contributed by atoms with Crippen LogP contribution in [-0.4, -0.2) is 34.6 Å². The van der Waals surface area contributed by atoms with Crippen LogP contribution in [0.1, 0.15) is 19.8 Å². The van der Waals surface area contributed by atoms with Gasteiger partial charge in [-0.15, -0.1) is 11.3 Å². The average Bonchev–Trinajstić information content (AvgIpc) is 3.12. The van der Waals surface area contributed by atoms with Crippen LogP contribution < -0.4 is 10.2 Å². The monoisotopic (exact) mass is 275 g/mol. The van der Waals surface area contributed by atoms with Gasteiger partial charge in [0.2, 0.25) is 11.9 Å². The lowest BCUT2D eigenvalue weighted by molar-refractivity contribution is 0.882. The summed E-state index contributed by atoms with van der Waals surface area (Å²) in [4.78, 5) is 16.9. The normalized spacial score (nSPS) is 14.9. The van der Waals surface area contributed by atoms with Gasteiger partial charge < -0.3 is 10.2 Å². The van der Waals surface area contributed by atoms with E-state index in [1.54, 1.807) is 11.3 Å². The summed E-state index contributed by atoms with van der Waals surface area (Å²) in [6, 6.07) is 4.07. The van der Waals surface area contributed by atoms with Gasteiger partial charge in [-0.3, -0.25) is 0 Å². The zero-order valence-corrected chi connectivity index (χ0v) is 11.8. The Bertz CT molecular complexity index is 534. The number of aromatic nitrogens is 3. The minimum atomic E-state index is 0.669. The molecule has 1 saturated heterocycles. The summed E-state index contributed by atoms with van der Waals surface area (Å²) in [5, 5.41) is 5.23. The summed E-state index contributed by atoms with van der Waals surface area (Å²) in [6.07, 6.45) is 2.44. The summed E-state index contributed by atoms with van der Waals surface area (Å²) in [5.41, 5.74) is 0. The zero-order valence-electron chi connectivity index (χ0n) is 11.0. The molecular formula is C13H17N5S. The van der Waals surface area contributed by atoms with Crippen LogP contribution in [0, 0.1) is 0 Å². The maximum Gasteiger partial charge on any atom is 0.230 e. The smallest absolute Gasteiger partial charge is 0.230 e. The molecule has 3 heterocycles. The Morgan fingerprint density at radius 1 is 1.26 bits per heavy atom. The van der Waals surface area contributed by atoms with Crippen molar-refractivity contribution in [1.29, 1.82) is 0 Å². The fraction of sp³-hybridized carbons (Fsp3) is 0.462. The first-order valence-corrected chi connectivity index (χ1v) is 7.53. The fourth-order valence-corrected chi connectivity index (χ4v) is 2.83. The van der Waals surface area contributed by atoms with Crippen molar-refractivity contribution in [1.82, 2.24) is 15.0 Å². The van der Waals surface area contributed by atoms with Crippen LogP contribution in [0.15, 0.2) is 17.5 Å². The third-order valence-electron chi connectivity index (χ3n) is 3.09. The SMILES string of the molecule is CCNc1nc(-c2cccs2)nc(N2CCCC2)n1. The molecule has 0 unspecified atom stereocenters. The maximum atomic E-state index is 4.61. The minimum absolute atomic E-state index is 0.669. The van der Waals surface area contributed by atoms with Crippen LogP contribution in [0.4, 0.5) is 11.9 Å². The van der Waals surface area contributed by atoms with Gasteiger partial charge in [-0.25, -0.2) is 0 Å². The van der Waals surface area contributed by atoms with Gasteiger partial charge in [-0.2, -0.15) is 15.0 Å². The van der Waals surface area contributed by atoms with Gasteiger partial charge in [0, 0.05) is 19.6 Å². The first-order chi connectivity index (χ1) is 9.36. The van der Waals surface area contributed by atoms with Crippen molar-refractivity contribution in [3.63, 3.8) is 0 Å². The molecule has 19 heavy (non-hydrogen) atoms. The zero-order chi connectivity index (χ0) is 13.1. The summed E-state index contributed by atoms with van der Waals surface area (Å²) in [6.45, 7) is 4.94. The van der Waals surface area contributed by atoms with Gasteiger partial charge in [-0.05, 0) is 31.2 Å². The summed E-state index contributed by atoms with van der Waals surface area (Å²) >= 11 is 1.65. The Balaban J connectivity index is 1.98. The molecule has 1 fully saturated rings. The van der Waals surface area contributed by atoms with Gasteiger partial charge in [0.1, 0.15) is 0 Å². The lowest BCUT2D eigenvalue weighted by Crippen LogP contribution is -2.21. The van der Waals surface area contributed by atoms with Crippen molar-refractivity contribution < 1.29 is 0 Å². The predicted molar refractivity (Wildman–Crippen MR) is 78.8 cm³/mol. The Morgan fingerprint density at radius 3 is 2.79 bits per heavy atom. The van der Waals surface area contributed by atoms with E-state index >= 15 is 0 Å². The molecule has 6 heteroatoms. The molecule has 2 aromatic rings. The quantitative estimate of drug-likeness (QED) is 0.929. The van der Waals surface area contributed by atoms with E-state index < -0.39 is 0 Å². The summed E-state index contributed by atoms with van der Waals surface area (Å²) in [7, 11) is 0. The highest BCUT2D eigenvalue weighted by atomic mass is 32.1. The van der Waals surface area contributed by atoms with E-state index in [-0.39, 0.29) is 0 Å². The second-order valence-electron chi connectivity index (χ2n) is 4.48. The molecule has 0 aromatic carbocycles. The molecule has 0 spiro atoms. The summed E-state index contributed by atoms with van der Waals surface area (Å²) in [5.74, 6) is 2.23. The van der Waals surface area contributed by atoms with Gasteiger partial charge in [0.25, 0.3) is 0 Å². The van der Waals surface area contributed by atoms with E-state index in [0.29, 0.717) is 5.95 Å². The molecule has 0 radical (unpaired) electrons. The van der Waals surface area contributed by atoms with Crippen molar-refractivity contribution in [2.45, 2.75) is 19.8 Å². The number of hydrogen-bond donors (Lipinski definition) is 1. The maximum absolute atomic E-state index is 4.61. The molecule has 5 nitrogen and oxygen atoms in total. The molecule has 0 amide bonds. The van der Waals surface area contributed by atoms with Crippen LogP contribution in [0.2, 0.25) is 0 Å². The standard InChI is InChI=1S/C13H17N5S/c1-2-14-12-15-11(10-6-5-9-19-10)16-13(17-12)18-7-3-4-8-18/h5-6,9H,2-4,7-8H2,1H3,(H,14,15,16,17). The van der Waals surface area contributed by atoms with Gasteiger partial charge >= 0.3 is 0 Å². The third-order valence-corrected chi connectivity index (χ3v) is 3.95. The van der Waals surface area contributed by atoms with Crippen molar-refractivity contribution in [3.8, 4) is 10.7 Å². The average molecular weight is 275 g/mol. The van der Waals surface area contributed by atoms with Crippen molar-refractivity contribution in [3.05, 3.63) is 17.5 Å². The Hall–Kier alpha value is -1.69. The van der Waals surface area contributed by atoms with Crippen LogP contribution in [0.3, 0.4) is 0 Å². The third kappa shape index (κ3) is 2.68. The van der Waals surface area contributed by atoms with Gasteiger partial charge in [0.05, 0.1) is 4.88 Å². The van der Waals surface area contributed by atoms with E-state index in [9.17, 15) is 0 Å². The molecule has 2 aromatic heterocycles. The van der Waals surface area contributed by atoms with Crippen LogP contribution in [0.5, 0.6) is 0 Å². The van der Waals surface area contributed by atoms with Crippen LogP contribution in [-0.2, 0) is 0 Å². The van der Waals surface area contributed by atoms with E-state index in [0.717, 1.165) is 36.3 Å². The van der Waals surface area contributed by atoms with E-state index in [4.69, 9.17) is 0 Å². The van der Waals surface area contributed by atoms with Crippen LogP contribution in [0.25, 0.3) is 10.7 Å². The van der Waals surface area contributed by atoms with Crippen LogP contribution >= 0.6 is 11.3 Å². The molecule has 0 aliphatic carbocycles. The van der Waals surface area contributed by atoms with Crippen molar-refractivity contribution in [2.24, 2.45) is 0 Å². The molecule has 0 bridgehead atoms. The van der Waals surface area contributed by atoms with Crippen molar-refractivity contribution >= 4 is 23.2 Å². The lowest BCUT2D eigenvalue weighted by Gasteiger charge is -2.16. The minimum Gasteiger partial charge on any atom is -0.354 e. The summed E-state index contributed by atoms with van der Waals surface area (Å²) < 4.78 is 0. The number of anilines is 2. The molecule has 0 atom stereocenters. The molecule has 0 saturated carbocycles. The molecule has 1 N–H and O–H groups in total. The van der Waals surface area contributed by atoms with E-state index in [1.165, 1.54) is 12.8 Å². The molecular weight excluding hydrogens is 258 g/mol. The highest BCUT2D eigenvalue weighted by molar-refractivity contribution is 7.13. The van der Waals surface area contributed by atoms with Gasteiger partial charge in [-0.1, -0.05) is 6.07 Å². The Kier molecular flexibility index (Phi) is 3.59. The molecule has 3 rings (SSSR count). The number of hydrogen-bond acceptors (Lipinski definition) is 6. The van der Waals surface area contributed by atoms with Crippen molar-refractivity contribution in [2.75, 3.05) is 29.9 Å². The first kappa shape index (κ1) is 12.3. The molecule has 1 aliphatic heterocycles. The van der Waals surface area contributed by atoms with E-state index in [1.807, 2.05) is 24.4 Å². The largest absolute Gasteiger partial charge is 0.354 e. The second-order valence-corrected chi connectivity index (χ2v) is 5.43. The predicted octanol–water partition coefficient (Wildman–Crippen LogP) is 2.63. The lowest BCUT2D eigenvalue weighted by atomic mass is 10.4. The van der Waals surface area contributed by atoms with E-state index in [2.05, 4.69) is 25.2 Å².